The number of nitrogens with zero attached hydrogens (tertiary/aromatic N) is 4. The number of methoxy groups -OCH3 is 1. The van der Waals surface area contributed by atoms with Gasteiger partial charge in [-0.2, -0.15) is 10.2 Å². The Kier molecular flexibility index (Phi) is 4.11. The van der Waals surface area contributed by atoms with E-state index >= 15 is 0 Å². The molecule has 0 bridgehead atoms. The summed E-state index contributed by atoms with van der Waals surface area (Å²) in [7, 11) is 1.35. The molecule has 24 heavy (non-hydrogen) atoms. The summed E-state index contributed by atoms with van der Waals surface area (Å²) in [5, 5.41) is 18.4. The molecule has 0 fully saturated rings. The Labute approximate surface area is 139 Å². The van der Waals surface area contributed by atoms with Crippen LogP contribution in [0.3, 0.4) is 0 Å². The van der Waals surface area contributed by atoms with Gasteiger partial charge in [0, 0.05) is 18.0 Å². The molecule has 0 aliphatic rings. The maximum Gasteiger partial charge on any atom is 0.341 e. The van der Waals surface area contributed by atoms with Crippen molar-refractivity contribution in [2.45, 2.75) is 32.9 Å². The highest BCUT2D eigenvalue weighted by Gasteiger charge is 2.17. The minimum absolute atomic E-state index is 0.123. The number of aromatic nitrogens is 4. The van der Waals surface area contributed by atoms with Crippen molar-refractivity contribution in [1.82, 2.24) is 19.4 Å². The number of carbonyl (C=O) groups excluding carboxylic acids is 1. The molecule has 0 unspecified atom stereocenters. The Morgan fingerprint density at radius 2 is 2.12 bits per heavy atom. The largest absolute Gasteiger partial charge is 0.465 e. The highest BCUT2D eigenvalue weighted by atomic mass is 16.5. The second kappa shape index (κ2) is 6.09. The molecule has 7 nitrogen and oxygen atoms in total. The first-order chi connectivity index (χ1) is 11.4. The van der Waals surface area contributed by atoms with E-state index in [-0.39, 0.29) is 6.04 Å². The molecule has 0 saturated carbocycles. The van der Waals surface area contributed by atoms with Crippen LogP contribution in [0.15, 0.2) is 30.7 Å². The lowest BCUT2D eigenvalue weighted by molar-refractivity contribution is 0.0603. The molecule has 3 aromatic heterocycles. The Bertz CT molecular complexity index is 895. The first-order valence-electron chi connectivity index (χ1n) is 7.72. The van der Waals surface area contributed by atoms with Crippen LogP contribution in [0.5, 0.6) is 0 Å². The molecular formula is C17H20N4O3. The van der Waals surface area contributed by atoms with Gasteiger partial charge < -0.3 is 9.84 Å². The van der Waals surface area contributed by atoms with Gasteiger partial charge in [-0.05, 0) is 38.5 Å². The molecule has 7 heteroatoms. The van der Waals surface area contributed by atoms with Crippen LogP contribution in [0.1, 0.15) is 35.9 Å². The summed E-state index contributed by atoms with van der Waals surface area (Å²) >= 11 is 0. The zero-order valence-corrected chi connectivity index (χ0v) is 14.1. The number of carbonyl (C=O) groups is 1. The highest BCUT2D eigenvalue weighted by Crippen LogP contribution is 2.27. The third kappa shape index (κ3) is 2.67. The number of aliphatic hydroxyl groups is 1. The fourth-order valence-electron chi connectivity index (χ4n) is 2.61. The van der Waals surface area contributed by atoms with E-state index in [4.69, 9.17) is 4.74 Å². The second-order valence-corrected chi connectivity index (χ2v) is 5.88. The van der Waals surface area contributed by atoms with Gasteiger partial charge in [0.05, 0.1) is 36.7 Å². The summed E-state index contributed by atoms with van der Waals surface area (Å²) in [6.45, 7) is 5.57. The van der Waals surface area contributed by atoms with Crippen molar-refractivity contribution < 1.29 is 14.6 Å². The van der Waals surface area contributed by atoms with Gasteiger partial charge in [0.15, 0.2) is 0 Å². The number of esters is 1. The minimum Gasteiger partial charge on any atom is -0.465 e. The van der Waals surface area contributed by atoms with Crippen LogP contribution in [0.25, 0.3) is 16.6 Å². The molecule has 0 aromatic carbocycles. The Morgan fingerprint density at radius 1 is 1.38 bits per heavy atom. The number of ether oxygens (including phenoxy) is 1. The van der Waals surface area contributed by atoms with Crippen LogP contribution < -0.4 is 0 Å². The van der Waals surface area contributed by atoms with E-state index in [1.165, 1.54) is 13.3 Å². The predicted molar refractivity (Wildman–Crippen MR) is 88.9 cm³/mol. The fourth-order valence-corrected chi connectivity index (χ4v) is 2.61. The highest BCUT2D eigenvalue weighted by molar-refractivity contribution is 5.97. The molecular weight excluding hydrogens is 308 g/mol. The fraction of sp³-hybridized carbons (Fsp3) is 0.353. The van der Waals surface area contributed by atoms with Crippen molar-refractivity contribution in [1.29, 1.82) is 0 Å². The molecule has 3 heterocycles. The van der Waals surface area contributed by atoms with Gasteiger partial charge in [-0.3, -0.25) is 4.68 Å². The smallest absolute Gasteiger partial charge is 0.341 e. The summed E-state index contributed by atoms with van der Waals surface area (Å²) < 4.78 is 8.19. The minimum atomic E-state index is -0.500. The third-order valence-corrected chi connectivity index (χ3v) is 4.27. The molecule has 3 rings (SSSR count). The van der Waals surface area contributed by atoms with Crippen molar-refractivity contribution in [3.8, 4) is 11.1 Å². The predicted octanol–water partition coefficient (Wildman–Crippen LogP) is 2.23. The van der Waals surface area contributed by atoms with Gasteiger partial charge in [-0.1, -0.05) is 0 Å². The van der Waals surface area contributed by atoms with Crippen molar-refractivity contribution in [3.05, 3.63) is 42.0 Å². The van der Waals surface area contributed by atoms with Crippen LogP contribution in [-0.2, 0) is 4.74 Å². The zero-order valence-electron chi connectivity index (χ0n) is 14.1. The Morgan fingerprint density at radius 3 is 2.79 bits per heavy atom. The number of hydrogen-bond donors (Lipinski definition) is 1. The van der Waals surface area contributed by atoms with Crippen molar-refractivity contribution in [3.63, 3.8) is 0 Å². The number of hydrogen-bond acceptors (Lipinski definition) is 5. The van der Waals surface area contributed by atoms with E-state index in [1.807, 2.05) is 32.2 Å². The topological polar surface area (TPSA) is 81.6 Å². The van der Waals surface area contributed by atoms with Crippen LogP contribution in [0.4, 0.5) is 0 Å². The monoisotopic (exact) mass is 328 g/mol. The van der Waals surface area contributed by atoms with E-state index in [9.17, 15) is 9.90 Å². The summed E-state index contributed by atoms with van der Waals surface area (Å²) in [4.78, 5) is 11.9. The molecule has 1 N–H and O–H groups in total. The molecule has 0 aliphatic carbocycles. The van der Waals surface area contributed by atoms with Crippen molar-refractivity contribution >= 4 is 11.5 Å². The lowest BCUT2D eigenvalue weighted by Crippen LogP contribution is -2.18. The standard InChI is InChI=1S/C17H20N4O3/c1-10-15(9-21(19-10)11(2)12(3)22)13-5-6-20-16(7-13)14(8-18-20)17(23)24-4/h5-9,11-12,22H,1-4H3/t11-,12+/m1/s1. The van der Waals surface area contributed by atoms with E-state index in [2.05, 4.69) is 10.2 Å². The number of fused-ring (bicyclic) bond motifs is 1. The second-order valence-electron chi connectivity index (χ2n) is 5.88. The summed E-state index contributed by atoms with van der Waals surface area (Å²) in [5.41, 5.74) is 3.82. The van der Waals surface area contributed by atoms with E-state index in [0.29, 0.717) is 11.1 Å². The van der Waals surface area contributed by atoms with Crippen LogP contribution in [-0.4, -0.2) is 43.7 Å². The van der Waals surface area contributed by atoms with Gasteiger partial charge in [-0.15, -0.1) is 0 Å². The molecule has 0 spiro atoms. The molecule has 0 saturated heterocycles. The Hall–Kier alpha value is -2.67. The summed E-state index contributed by atoms with van der Waals surface area (Å²) in [6.07, 6.45) is 4.70. The summed E-state index contributed by atoms with van der Waals surface area (Å²) in [5.74, 6) is -0.419. The number of pyridine rings is 1. The van der Waals surface area contributed by atoms with Crippen molar-refractivity contribution in [2.24, 2.45) is 0 Å². The molecule has 126 valence electrons. The molecule has 0 aliphatic heterocycles. The van der Waals surface area contributed by atoms with E-state index < -0.39 is 12.1 Å². The van der Waals surface area contributed by atoms with E-state index in [1.54, 1.807) is 22.3 Å². The van der Waals surface area contributed by atoms with Crippen LogP contribution in [0, 0.1) is 6.92 Å². The average Bonchev–Trinajstić information content (AvgIpc) is 3.16. The zero-order chi connectivity index (χ0) is 17.4. The van der Waals surface area contributed by atoms with Gasteiger partial charge >= 0.3 is 5.97 Å². The van der Waals surface area contributed by atoms with Gasteiger partial charge in [0.1, 0.15) is 5.56 Å². The molecule has 3 aromatic rings. The first-order valence-corrected chi connectivity index (χ1v) is 7.72. The number of aryl methyl sites for hydroxylation is 1. The third-order valence-electron chi connectivity index (χ3n) is 4.27. The van der Waals surface area contributed by atoms with Crippen molar-refractivity contribution in [2.75, 3.05) is 7.11 Å². The lowest BCUT2D eigenvalue weighted by atomic mass is 10.1. The number of rotatable bonds is 4. The SMILES string of the molecule is COC(=O)c1cnn2ccc(-c3cn([C@H](C)[C@H](C)O)nc3C)cc12. The van der Waals surface area contributed by atoms with Crippen LogP contribution in [0.2, 0.25) is 0 Å². The maximum absolute atomic E-state index is 11.9. The maximum atomic E-state index is 11.9. The quantitative estimate of drug-likeness (QED) is 0.743. The molecule has 2 atom stereocenters. The molecule has 0 radical (unpaired) electrons. The first kappa shape index (κ1) is 16.2. The average molecular weight is 328 g/mol. The van der Waals surface area contributed by atoms with Gasteiger partial charge in [0.25, 0.3) is 0 Å². The van der Waals surface area contributed by atoms with Gasteiger partial charge in [0.2, 0.25) is 0 Å². The molecule has 0 amide bonds. The van der Waals surface area contributed by atoms with Gasteiger partial charge in [-0.25, -0.2) is 9.31 Å². The van der Waals surface area contributed by atoms with Crippen LogP contribution >= 0.6 is 0 Å². The summed E-state index contributed by atoms with van der Waals surface area (Å²) in [6, 6.07) is 3.69. The van der Waals surface area contributed by atoms with E-state index in [0.717, 1.165) is 16.8 Å². The Balaban J connectivity index is 2.08. The lowest BCUT2D eigenvalue weighted by Gasteiger charge is -2.14. The number of aliphatic hydroxyl groups excluding tert-OH is 1. The normalized spacial score (nSPS) is 13.9.